The number of para-hydroxylation sites is 3. The summed E-state index contributed by atoms with van der Waals surface area (Å²) >= 11 is 1.70. The third-order valence-corrected chi connectivity index (χ3v) is 5.52. The van der Waals surface area contributed by atoms with E-state index in [2.05, 4.69) is 5.32 Å². The Morgan fingerprint density at radius 3 is 2.67 bits per heavy atom. The molecular weight excluding hydrogens is 364 g/mol. The first kappa shape index (κ1) is 19.2. The van der Waals surface area contributed by atoms with Crippen LogP contribution in [0.4, 0.5) is 10.5 Å². The quantitative estimate of drug-likeness (QED) is 0.796. The molecule has 1 fully saturated rings. The van der Waals surface area contributed by atoms with Gasteiger partial charge in [0.1, 0.15) is 11.1 Å². The van der Waals surface area contributed by atoms with Crippen molar-refractivity contribution in [2.24, 2.45) is 0 Å². The Labute approximate surface area is 163 Å². The number of carbonyl (C=O) groups excluding carboxylic acids is 1. The van der Waals surface area contributed by atoms with Crippen molar-refractivity contribution in [2.45, 2.75) is 12.3 Å². The molecule has 144 valence electrons. The van der Waals surface area contributed by atoms with Crippen LogP contribution in [0.3, 0.4) is 0 Å². The number of hydrogen-bond acceptors (Lipinski definition) is 5. The van der Waals surface area contributed by atoms with Crippen LogP contribution in [0.2, 0.25) is 0 Å². The lowest BCUT2D eigenvalue weighted by Crippen LogP contribution is -2.34. The lowest BCUT2D eigenvalue weighted by atomic mass is 10.1. The van der Waals surface area contributed by atoms with Crippen LogP contribution >= 0.6 is 11.8 Å². The van der Waals surface area contributed by atoms with Gasteiger partial charge in [0.25, 0.3) is 0 Å². The van der Waals surface area contributed by atoms with Crippen LogP contribution in [-0.2, 0) is 0 Å². The van der Waals surface area contributed by atoms with Crippen molar-refractivity contribution in [3.8, 4) is 17.2 Å². The Morgan fingerprint density at radius 1 is 1.15 bits per heavy atom. The number of urea groups is 1. The number of carbonyl (C=O) groups is 1. The van der Waals surface area contributed by atoms with Crippen molar-refractivity contribution >= 4 is 23.5 Å². The highest BCUT2D eigenvalue weighted by molar-refractivity contribution is 7.99. The number of ether oxygens (including phenoxy) is 3. The molecule has 2 amide bonds. The maximum Gasteiger partial charge on any atom is 0.323 e. The van der Waals surface area contributed by atoms with E-state index in [1.54, 1.807) is 26.0 Å². The summed E-state index contributed by atoms with van der Waals surface area (Å²) in [7, 11) is 3.22. The van der Waals surface area contributed by atoms with Crippen LogP contribution in [0.25, 0.3) is 0 Å². The molecule has 0 bridgehead atoms. The topological polar surface area (TPSA) is 60.0 Å². The first-order valence-corrected chi connectivity index (χ1v) is 9.86. The fourth-order valence-corrected chi connectivity index (χ4v) is 4.35. The van der Waals surface area contributed by atoms with Gasteiger partial charge < -0.3 is 24.4 Å². The van der Waals surface area contributed by atoms with Gasteiger partial charge in [0.05, 0.1) is 26.5 Å². The fraction of sp³-hybridized carbons (Fsp3) is 0.350. The number of hydrogen-bond donors (Lipinski definition) is 1. The molecule has 27 heavy (non-hydrogen) atoms. The second-order valence-corrected chi connectivity index (χ2v) is 7.05. The Kier molecular flexibility index (Phi) is 6.34. The SMILES string of the molecule is CCOc1ccccc1NC(=O)N1CCSC1c1cccc(OC)c1OC. The molecule has 0 saturated carbocycles. The average molecular weight is 388 g/mol. The molecule has 0 spiro atoms. The normalized spacial score (nSPS) is 16.1. The van der Waals surface area contributed by atoms with E-state index >= 15 is 0 Å². The summed E-state index contributed by atoms with van der Waals surface area (Å²) in [5, 5.41) is 2.84. The second kappa shape index (κ2) is 8.90. The summed E-state index contributed by atoms with van der Waals surface area (Å²) in [5.74, 6) is 2.83. The predicted molar refractivity (Wildman–Crippen MR) is 108 cm³/mol. The molecule has 1 aliphatic rings. The van der Waals surface area contributed by atoms with E-state index in [4.69, 9.17) is 14.2 Å². The molecule has 1 atom stereocenters. The molecule has 2 aromatic carbocycles. The fourth-order valence-electron chi connectivity index (χ4n) is 3.08. The third kappa shape index (κ3) is 4.08. The van der Waals surface area contributed by atoms with E-state index < -0.39 is 0 Å². The Hall–Kier alpha value is -2.54. The van der Waals surface area contributed by atoms with Crippen molar-refractivity contribution in [2.75, 3.05) is 38.4 Å². The van der Waals surface area contributed by atoms with E-state index in [0.717, 1.165) is 11.3 Å². The number of thioether (sulfide) groups is 1. The summed E-state index contributed by atoms with van der Waals surface area (Å²) in [6.07, 6.45) is 0. The zero-order chi connectivity index (χ0) is 19.2. The van der Waals surface area contributed by atoms with Crippen LogP contribution in [0.5, 0.6) is 17.2 Å². The van der Waals surface area contributed by atoms with Gasteiger partial charge in [-0.15, -0.1) is 11.8 Å². The van der Waals surface area contributed by atoms with Crippen molar-refractivity contribution in [3.63, 3.8) is 0 Å². The maximum atomic E-state index is 13.0. The summed E-state index contributed by atoms with van der Waals surface area (Å²) in [5.41, 5.74) is 1.59. The van der Waals surface area contributed by atoms with Gasteiger partial charge in [-0.1, -0.05) is 24.3 Å². The van der Waals surface area contributed by atoms with E-state index in [0.29, 0.717) is 36.1 Å². The number of anilines is 1. The van der Waals surface area contributed by atoms with Crippen molar-refractivity contribution in [3.05, 3.63) is 48.0 Å². The minimum Gasteiger partial charge on any atom is -0.493 e. The molecule has 0 aromatic heterocycles. The number of nitrogens with one attached hydrogen (secondary N) is 1. The van der Waals surface area contributed by atoms with Gasteiger partial charge in [0.15, 0.2) is 11.5 Å². The number of nitrogens with zero attached hydrogens (tertiary/aromatic N) is 1. The van der Waals surface area contributed by atoms with Gasteiger partial charge in [-0.25, -0.2) is 4.79 Å². The molecule has 1 saturated heterocycles. The van der Waals surface area contributed by atoms with Gasteiger partial charge in [0, 0.05) is 17.9 Å². The minimum absolute atomic E-state index is 0.144. The van der Waals surface area contributed by atoms with Crippen molar-refractivity contribution in [1.29, 1.82) is 0 Å². The Bertz CT molecular complexity index is 799. The Morgan fingerprint density at radius 2 is 1.93 bits per heavy atom. The average Bonchev–Trinajstić information content (AvgIpc) is 3.18. The first-order chi connectivity index (χ1) is 13.2. The summed E-state index contributed by atoms with van der Waals surface area (Å²) in [6.45, 7) is 3.11. The molecular formula is C20H24N2O4S. The molecule has 2 aromatic rings. The zero-order valence-electron chi connectivity index (χ0n) is 15.7. The van der Waals surface area contributed by atoms with E-state index in [-0.39, 0.29) is 11.4 Å². The van der Waals surface area contributed by atoms with Gasteiger partial charge in [0.2, 0.25) is 0 Å². The lowest BCUT2D eigenvalue weighted by molar-refractivity contribution is 0.213. The molecule has 0 radical (unpaired) electrons. The number of amides is 2. The van der Waals surface area contributed by atoms with Gasteiger partial charge in [-0.2, -0.15) is 0 Å². The Balaban J connectivity index is 1.84. The van der Waals surface area contributed by atoms with Crippen LogP contribution < -0.4 is 19.5 Å². The molecule has 1 unspecified atom stereocenters. The van der Waals surface area contributed by atoms with E-state index in [1.165, 1.54) is 0 Å². The standard InChI is InChI=1S/C20H24N2O4S/c1-4-26-16-10-6-5-9-15(16)21-20(23)22-12-13-27-19(22)14-8-7-11-17(24-2)18(14)25-3/h5-11,19H,4,12-13H2,1-3H3,(H,21,23). The predicted octanol–water partition coefficient (Wildman–Crippen LogP) is 4.38. The van der Waals surface area contributed by atoms with Crippen LogP contribution in [-0.4, -0.2) is 44.1 Å². The largest absolute Gasteiger partial charge is 0.493 e. The first-order valence-electron chi connectivity index (χ1n) is 8.81. The summed E-state index contributed by atoms with van der Waals surface area (Å²) < 4.78 is 16.6. The maximum absolute atomic E-state index is 13.0. The van der Waals surface area contributed by atoms with E-state index in [1.807, 2.05) is 54.3 Å². The lowest BCUT2D eigenvalue weighted by Gasteiger charge is -2.26. The van der Waals surface area contributed by atoms with Crippen LogP contribution in [0.15, 0.2) is 42.5 Å². The molecule has 6 nitrogen and oxygen atoms in total. The molecule has 0 aliphatic carbocycles. The number of benzene rings is 2. The second-order valence-electron chi connectivity index (χ2n) is 5.86. The van der Waals surface area contributed by atoms with E-state index in [9.17, 15) is 4.79 Å². The summed E-state index contributed by atoms with van der Waals surface area (Å²) in [6, 6.07) is 13.0. The molecule has 3 rings (SSSR count). The van der Waals surface area contributed by atoms with Gasteiger partial charge in [-0.3, -0.25) is 0 Å². The van der Waals surface area contributed by atoms with Gasteiger partial charge in [-0.05, 0) is 25.1 Å². The highest BCUT2D eigenvalue weighted by Gasteiger charge is 2.33. The molecule has 1 aliphatic heterocycles. The molecule has 1 N–H and O–H groups in total. The van der Waals surface area contributed by atoms with Crippen molar-refractivity contribution < 1.29 is 19.0 Å². The highest BCUT2D eigenvalue weighted by atomic mass is 32.2. The van der Waals surface area contributed by atoms with Crippen LogP contribution in [0, 0.1) is 0 Å². The highest BCUT2D eigenvalue weighted by Crippen LogP contribution is 2.45. The van der Waals surface area contributed by atoms with Gasteiger partial charge >= 0.3 is 6.03 Å². The van der Waals surface area contributed by atoms with Crippen LogP contribution in [0.1, 0.15) is 17.9 Å². The minimum atomic E-state index is -0.165. The summed E-state index contributed by atoms with van der Waals surface area (Å²) in [4.78, 5) is 14.8. The number of methoxy groups -OCH3 is 2. The molecule has 7 heteroatoms. The third-order valence-electron chi connectivity index (χ3n) is 4.28. The van der Waals surface area contributed by atoms with Crippen molar-refractivity contribution in [1.82, 2.24) is 4.90 Å². The zero-order valence-corrected chi connectivity index (χ0v) is 16.5. The smallest absolute Gasteiger partial charge is 0.323 e. The molecule has 1 heterocycles. The monoisotopic (exact) mass is 388 g/mol. The number of rotatable bonds is 6.